The topological polar surface area (TPSA) is 93.0 Å². The number of thiophene rings is 1. The molecule has 0 spiro atoms. The third kappa shape index (κ3) is 2.18. The van der Waals surface area contributed by atoms with Crippen LogP contribution in [0.25, 0.3) is 0 Å². The van der Waals surface area contributed by atoms with Crippen molar-refractivity contribution in [3.05, 3.63) is 27.1 Å². The molecule has 7 heteroatoms. The molecule has 0 bridgehead atoms. The van der Waals surface area contributed by atoms with Gasteiger partial charge in [0.2, 0.25) is 0 Å². The normalized spacial score (nSPS) is 8.67. The van der Waals surface area contributed by atoms with Gasteiger partial charge in [0.15, 0.2) is 0 Å². The second kappa shape index (κ2) is 4.03. The molecule has 0 saturated carbocycles. The Morgan fingerprint density at radius 2 is 2.25 bits per heavy atom. The Morgan fingerprint density at radius 3 is 2.50 bits per heavy atom. The summed E-state index contributed by atoms with van der Waals surface area (Å²) in [6, 6.07) is 2.80. The molecule has 1 heterocycles. The third-order valence-electron chi connectivity index (χ3n) is 1.04. The summed E-state index contributed by atoms with van der Waals surface area (Å²) in [5.74, 6) is -0.136. The summed E-state index contributed by atoms with van der Waals surface area (Å²) in [5, 5.41) is 17.1. The SMILES string of the molecule is Cl.N=C(N)c1ccc([N+](=O)[O-])s1. The van der Waals surface area contributed by atoms with Crippen molar-refractivity contribution in [1.29, 1.82) is 5.41 Å². The van der Waals surface area contributed by atoms with Crippen molar-refractivity contribution in [2.24, 2.45) is 5.73 Å². The standard InChI is InChI=1S/C5H5N3O2S.ClH/c6-5(7)3-1-2-4(11-3)8(9)10;/h1-2H,(H3,6,7);1H. The zero-order valence-electron chi connectivity index (χ0n) is 5.81. The van der Waals surface area contributed by atoms with E-state index in [0.717, 1.165) is 11.3 Å². The molecule has 0 saturated heterocycles. The molecule has 1 rings (SSSR count). The first-order valence-corrected chi connectivity index (χ1v) is 3.51. The average molecular weight is 208 g/mol. The fraction of sp³-hybridized carbons (Fsp3) is 0. The molecule has 12 heavy (non-hydrogen) atoms. The second-order valence-corrected chi connectivity index (χ2v) is 2.87. The zero-order valence-corrected chi connectivity index (χ0v) is 7.45. The van der Waals surface area contributed by atoms with Crippen molar-refractivity contribution in [1.82, 2.24) is 0 Å². The number of nitrogens with one attached hydrogen (secondary N) is 1. The highest BCUT2D eigenvalue weighted by Crippen LogP contribution is 2.22. The van der Waals surface area contributed by atoms with Crippen LogP contribution in [0.15, 0.2) is 12.1 Å². The van der Waals surface area contributed by atoms with E-state index in [1.54, 1.807) is 0 Å². The summed E-state index contributed by atoms with van der Waals surface area (Å²) >= 11 is 0.900. The quantitative estimate of drug-likeness (QED) is 0.332. The minimum absolute atomic E-state index is 0. The Morgan fingerprint density at radius 1 is 1.67 bits per heavy atom. The maximum Gasteiger partial charge on any atom is 0.324 e. The van der Waals surface area contributed by atoms with E-state index in [2.05, 4.69) is 0 Å². The molecule has 0 radical (unpaired) electrons. The largest absolute Gasteiger partial charge is 0.383 e. The smallest absolute Gasteiger partial charge is 0.324 e. The van der Waals surface area contributed by atoms with Gasteiger partial charge in [0.1, 0.15) is 5.84 Å². The average Bonchev–Trinajstić information content (AvgIpc) is 2.33. The number of nitro groups is 1. The van der Waals surface area contributed by atoms with Gasteiger partial charge < -0.3 is 5.73 Å². The van der Waals surface area contributed by atoms with Crippen LogP contribution < -0.4 is 5.73 Å². The molecule has 5 nitrogen and oxygen atoms in total. The summed E-state index contributed by atoms with van der Waals surface area (Å²) in [5.41, 5.74) is 5.10. The molecule has 0 atom stereocenters. The molecule has 0 aliphatic rings. The summed E-state index contributed by atoms with van der Waals surface area (Å²) in [6.45, 7) is 0. The first-order chi connectivity index (χ1) is 5.11. The lowest BCUT2D eigenvalue weighted by atomic mass is 10.4. The van der Waals surface area contributed by atoms with Crippen LogP contribution in [0, 0.1) is 15.5 Å². The van der Waals surface area contributed by atoms with E-state index >= 15 is 0 Å². The van der Waals surface area contributed by atoms with Gasteiger partial charge in [-0.1, -0.05) is 11.3 Å². The summed E-state index contributed by atoms with van der Waals surface area (Å²) in [4.78, 5) is 10.1. The number of nitrogens with two attached hydrogens (primary N) is 1. The number of rotatable bonds is 2. The predicted molar refractivity (Wildman–Crippen MR) is 49.2 cm³/mol. The lowest BCUT2D eigenvalue weighted by Crippen LogP contribution is -2.08. The molecule has 0 aliphatic heterocycles. The highest BCUT2D eigenvalue weighted by atomic mass is 35.5. The van der Waals surface area contributed by atoms with Crippen LogP contribution in [-0.2, 0) is 0 Å². The van der Waals surface area contributed by atoms with Crippen LogP contribution >= 0.6 is 23.7 Å². The van der Waals surface area contributed by atoms with Gasteiger partial charge in [0.05, 0.1) is 9.80 Å². The monoisotopic (exact) mass is 207 g/mol. The Balaban J connectivity index is 0.00000121. The first-order valence-electron chi connectivity index (χ1n) is 2.70. The molecule has 66 valence electrons. The van der Waals surface area contributed by atoms with Gasteiger partial charge in [-0.25, -0.2) is 0 Å². The molecule has 0 amide bonds. The van der Waals surface area contributed by atoms with E-state index in [4.69, 9.17) is 11.1 Å². The van der Waals surface area contributed by atoms with E-state index in [9.17, 15) is 10.1 Å². The van der Waals surface area contributed by atoms with Gasteiger partial charge in [0.25, 0.3) is 0 Å². The van der Waals surface area contributed by atoms with E-state index < -0.39 is 4.92 Å². The maximum atomic E-state index is 10.1. The Labute approximate surface area is 78.3 Å². The molecule has 0 aromatic carbocycles. The number of halogens is 1. The minimum Gasteiger partial charge on any atom is -0.383 e. The summed E-state index contributed by atoms with van der Waals surface area (Å²) in [6.07, 6.45) is 0. The maximum absolute atomic E-state index is 10.1. The lowest BCUT2D eigenvalue weighted by Gasteiger charge is -1.85. The number of nitrogen functional groups attached to an aromatic ring is 1. The molecular weight excluding hydrogens is 202 g/mol. The third-order valence-corrected chi connectivity index (χ3v) is 2.11. The van der Waals surface area contributed by atoms with Crippen LogP contribution in [0.3, 0.4) is 0 Å². The molecule has 1 aromatic rings. The predicted octanol–water partition coefficient (Wildman–Crippen LogP) is 1.36. The Bertz CT molecular complexity index is 283. The van der Waals surface area contributed by atoms with Crippen molar-refractivity contribution in [3.63, 3.8) is 0 Å². The van der Waals surface area contributed by atoms with Crippen molar-refractivity contribution in [3.8, 4) is 0 Å². The number of amidine groups is 1. The van der Waals surface area contributed by atoms with Crippen LogP contribution in [0.5, 0.6) is 0 Å². The summed E-state index contributed by atoms with van der Waals surface area (Å²) in [7, 11) is 0. The molecule has 0 aliphatic carbocycles. The van der Waals surface area contributed by atoms with E-state index in [-0.39, 0.29) is 23.2 Å². The highest BCUT2D eigenvalue weighted by Gasteiger charge is 2.10. The van der Waals surface area contributed by atoms with Gasteiger partial charge in [-0.15, -0.1) is 12.4 Å². The van der Waals surface area contributed by atoms with Crippen LogP contribution in [0.2, 0.25) is 0 Å². The Hall–Kier alpha value is -1.14. The van der Waals surface area contributed by atoms with Crippen molar-refractivity contribution in [2.75, 3.05) is 0 Å². The fourth-order valence-electron chi connectivity index (χ4n) is 0.571. The van der Waals surface area contributed by atoms with Crippen molar-refractivity contribution >= 4 is 34.6 Å². The molecular formula is C5H6ClN3O2S. The Kier molecular flexibility index (Phi) is 3.65. The van der Waals surface area contributed by atoms with Crippen molar-refractivity contribution in [2.45, 2.75) is 0 Å². The number of hydrogen-bond acceptors (Lipinski definition) is 4. The number of nitrogens with zero attached hydrogens (tertiary/aromatic N) is 1. The van der Waals surface area contributed by atoms with E-state index in [1.807, 2.05) is 0 Å². The van der Waals surface area contributed by atoms with E-state index in [1.165, 1.54) is 12.1 Å². The van der Waals surface area contributed by atoms with Gasteiger partial charge in [0, 0.05) is 6.07 Å². The molecule has 1 aromatic heterocycles. The fourth-order valence-corrected chi connectivity index (χ4v) is 1.25. The van der Waals surface area contributed by atoms with Gasteiger partial charge in [-0.05, 0) is 6.07 Å². The van der Waals surface area contributed by atoms with Crippen LogP contribution in [0.1, 0.15) is 4.88 Å². The molecule has 0 unspecified atom stereocenters. The molecule has 0 fully saturated rings. The van der Waals surface area contributed by atoms with Gasteiger partial charge in [-0.3, -0.25) is 15.5 Å². The minimum atomic E-state index is -0.503. The number of hydrogen-bond donors (Lipinski definition) is 2. The summed E-state index contributed by atoms with van der Waals surface area (Å²) < 4.78 is 0. The van der Waals surface area contributed by atoms with E-state index in [0.29, 0.717) is 4.88 Å². The van der Waals surface area contributed by atoms with Gasteiger partial charge >= 0.3 is 5.00 Å². The molecule has 3 N–H and O–H groups in total. The lowest BCUT2D eigenvalue weighted by molar-refractivity contribution is -0.380. The highest BCUT2D eigenvalue weighted by molar-refractivity contribution is 7.17. The second-order valence-electron chi connectivity index (χ2n) is 1.81. The zero-order chi connectivity index (χ0) is 8.43. The first kappa shape index (κ1) is 10.9. The van der Waals surface area contributed by atoms with Crippen LogP contribution in [-0.4, -0.2) is 10.8 Å². The van der Waals surface area contributed by atoms with Gasteiger partial charge in [-0.2, -0.15) is 0 Å². The van der Waals surface area contributed by atoms with Crippen LogP contribution in [0.4, 0.5) is 5.00 Å². The van der Waals surface area contributed by atoms with Crippen molar-refractivity contribution < 1.29 is 4.92 Å².